The zero-order valence-electron chi connectivity index (χ0n) is 10.1. The maximum absolute atomic E-state index is 11.8. The fourth-order valence-electron chi connectivity index (χ4n) is 2.15. The van der Waals surface area contributed by atoms with Crippen LogP contribution in [0.3, 0.4) is 0 Å². The lowest BCUT2D eigenvalue weighted by molar-refractivity contribution is -0.711. The van der Waals surface area contributed by atoms with E-state index in [1.165, 1.54) is 10.5 Å². The number of likely N-dealkylation sites (tertiary alicyclic amines) is 1. The number of quaternary nitrogens is 1. The number of hydrogen-bond acceptors (Lipinski definition) is 2. The van der Waals surface area contributed by atoms with Crippen molar-refractivity contribution in [3.05, 3.63) is 35.9 Å². The van der Waals surface area contributed by atoms with Gasteiger partial charge in [0.2, 0.25) is 5.91 Å². The van der Waals surface area contributed by atoms with Gasteiger partial charge in [-0.1, -0.05) is 30.3 Å². The summed E-state index contributed by atoms with van der Waals surface area (Å²) >= 11 is 0. The number of likely N-dealkylation sites (N-methyl/N-ethyl adjacent to an activating group) is 1. The highest BCUT2D eigenvalue weighted by Crippen LogP contribution is 2.11. The van der Waals surface area contributed by atoms with Crippen LogP contribution >= 0.6 is 0 Å². The molecule has 0 unspecified atom stereocenters. The highest BCUT2D eigenvalue weighted by Gasteiger charge is 2.39. The monoisotopic (exact) mass is 233 g/mol. The molecule has 2 rings (SSSR count). The Morgan fingerprint density at radius 2 is 1.94 bits per heavy atom. The second-order valence-electron chi connectivity index (χ2n) is 4.49. The van der Waals surface area contributed by atoms with Gasteiger partial charge < -0.3 is 5.32 Å². The molecule has 0 bridgehead atoms. The Balaban J connectivity index is 2.03. The first-order chi connectivity index (χ1) is 8.09. The molecule has 1 aromatic carbocycles. The molecule has 0 aromatic heterocycles. The normalized spacial score (nSPS) is 22.0. The number of nitrogens with two attached hydrogens (primary N) is 1. The number of carbonyl (C=O) groups excluding carboxylic acids is 2. The molecule has 1 fully saturated rings. The Morgan fingerprint density at radius 3 is 2.47 bits per heavy atom. The van der Waals surface area contributed by atoms with Gasteiger partial charge in [-0.15, -0.1) is 0 Å². The van der Waals surface area contributed by atoms with Gasteiger partial charge in [-0.2, -0.15) is 0 Å². The molecule has 4 heteroatoms. The molecular weight excluding hydrogens is 216 g/mol. The number of amides is 2. The molecule has 4 nitrogen and oxygen atoms in total. The average Bonchev–Trinajstić information content (AvgIpc) is 2.58. The van der Waals surface area contributed by atoms with Crippen molar-refractivity contribution >= 4 is 11.8 Å². The van der Waals surface area contributed by atoms with Gasteiger partial charge in [-0.05, 0) is 6.92 Å². The molecule has 0 spiro atoms. The Morgan fingerprint density at radius 1 is 1.29 bits per heavy atom. The van der Waals surface area contributed by atoms with Crippen LogP contribution in [0.4, 0.5) is 0 Å². The Bertz CT molecular complexity index is 430. The van der Waals surface area contributed by atoms with Crippen LogP contribution in [0.15, 0.2) is 30.3 Å². The van der Waals surface area contributed by atoms with Gasteiger partial charge >= 0.3 is 0 Å². The zero-order chi connectivity index (χ0) is 12.4. The van der Waals surface area contributed by atoms with Crippen molar-refractivity contribution in [2.45, 2.75) is 25.4 Å². The smallest absolute Gasteiger partial charge is 0.287 e. The van der Waals surface area contributed by atoms with Crippen molar-refractivity contribution in [2.75, 3.05) is 7.05 Å². The lowest BCUT2D eigenvalue weighted by atomic mass is 10.1. The van der Waals surface area contributed by atoms with Crippen molar-refractivity contribution in [1.82, 2.24) is 4.90 Å². The third kappa shape index (κ3) is 2.36. The first kappa shape index (κ1) is 11.8. The number of nitrogens with zero attached hydrogens (tertiary/aromatic N) is 1. The summed E-state index contributed by atoms with van der Waals surface area (Å²) in [6.45, 7) is 2.05. The molecule has 2 amide bonds. The molecule has 0 radical (unpaired) electrons. The van der Waals surface area contributed by atoms with E-state index in [1.807, 2.05) is 42.6 Å². The first-order valence-corrected chi connectivity index (χ1v) is 5.80. The predicted octanol–water partition coefficient (Wildman–Crippen LogP) is 0.0683. The van der Waals surface area contributed by atoms with Gasteiger partial charge in [-0.3, -0.25) is 14.5 Å². The highest BCUT2D eigenvalue weighted by atomic mass is 16.2. The second-order valence-corrected chi connectivity index (χ2v) is 4.49. The summed E-state index contributed by atoms with van der Waals surface area (Å²) in [5.41, 5.74) is 1.17. The fraction of sp³-hybridized carbons (Fsp3) is 0.385. The predicted molar refractivity (Wildman–Crippen MR) is 63.0 cm³/mol. The van der Waals surface area contributed by atoms with E-state index in [0.717, 1.165) is 0 Å². The van der Waals surface area contributed by atoms with E-state index in [2.05, 4.69) is 0 Å². The van der Waals surface area contributed by atoms with E-state index < -0.39 is 0 Å². The number of benzene rings is 1. The molecule has 17 heavy (non-hydrogen) atoms. The number of rotatable bonds is 3. The van der Waals surface area contributed by atoms with Crippen LogP contribution in [0.5, 0.6) is 0 Å². The highest BCUT2D eigenvalue weighted by molar-refractivity contribution is 6.04. The van der Waals surface area contributed by atoms with Crippen LogP contribution in [0.1, 0.15) is 24.9 Å². The molecular formula is C13H17N2O2+. The minimum Gasteiger partial charge on any atom is -0.330 e. The summed E-state index contributed by atoms with van der Waals surface area (Å²) in [7, 11) is 1.55. The lowest BCUT2D eigenvalue weighted by Gasteiger charge is -2.14. The van der Waals surface area contributed by atoms with E-state index in [1.54, 1.807) is 7.05 Å². The molecule has 0 aliphatic carbocycles. The second kappa shape index (κ2) is 4.67. The van der Waals surface area contributed by atoms with Gasteiger partial charge in [0.15, 0.2) is 6.04 Å². The average molecular weight is 233 g/mol. The van der Waals surface area contributed by atoms with Crippen molar-refractivity contribution in [2.24, 2.45) is 0 Å². The molecule has 2 atom stereocenters. The standard InChI is InChI=1S/C13H16N2O2/c1-9(10-6-4-3-5-7-10)14-11-8-12(16)15(2)13(11)17/h3-7,9,11,14H,8H2,1-2H3/p+1/t9-,11-/m0/s1. The molecule has 2 N–H and O–H groups in total. The third-order valence-corrected chi connectivity index (χ3v) is 3.26. The van der Waals surface area contributed by atoms with Crippen molar-refractivity contribution < 1.29 is 14.9 Å². The molecule has 1 aliphatic rings. The summed E-state index contributed by atoms with van der Waals surface area (Å²) in [4.78, 5) is 24.4. The van der Waals surface area contributed by atoms with Gasteiger partial charge in [-0.25, -0.2) is 0 Å². The molecule has 0 saturated carbocycles. The van der Waals surface area contributed by atoms with Gasteiger partial charge in [0, 0.05) is 12.6 Å². The van der Waals surface area contributed by atoms with E-state index in [-0.39, 0.29) is 23.9 Å². The van der Waals surface area contributed by atoms with Crippen molar-refractivity contribution in [3.63, 3.8) is 0 Å². The largest absolute Gasteiger partial charge is 0.330 e. The molecule has 1 aliphatic heterocycles. The number of carbonyl (C=O) groups is 2. The quantitative estimate of drug-likeness (QED) is 0.751. The summed E-state index contributed by atoms with van der Waals surface area (Å²) in [6.07, 6.45) is 0.312. The third-order valence-electron chi connectivity index (χ3n) is 3.26. The van der Waals surface area contributed by atoms with E-state index in [9.17, 15) is 9.59 Å². The van der Waals surface area contributed by atoms with Gasteiger partial charge in [0.05, 0.1) is 6.42 Å². The maximum atomic E-state index is 11.8. The van der Waals surface area contributed by atoms with E-state index >= 15 is 0 Å². The summed E-state index contributed by atoms with van der Waals surface area (Å²) in [5.74, 6) is -0.172. The number of imide groups is 1. The van der Waals surface area contributed by atoms with Crippen LogP contribution in [-0.4, -0.2) is 29.8 Å². The number of hydrogen-bond donors (Lipinski definition) is 1. The SMILES string of the molecule is C[C@H]([NH2+][C@H]1CC(=O)N(C)C1=O)c1ccccc1. The molecule has 1 saturated heterocycles. The van der Waals surface area contributed by atoms with Crippen LogP contribution in [0.2, 0.25) is 0 Å². The Hall–Kier alpha value is -1.68. The lowest BCUT2D eigenvalue weighted by Crippen LogP contribution is -2.91. The van der Waals surface area contributed by atoms with E-state index in [4.69, 9.17) is 0 Å². The maximum Gasteiger partial charge on any atom is 0.287 e. The molecule has 1 heterocycles. The van der Waals surface area contributed by atoms with Gasteiger partial charge in [0.25, 0.3) is 5.91 Å². The van der Waals surface area contributed by atoms with Crippen LogP contribution in [0.25, 0.3) is 0 Å². The minimum absolute atomic E-state index is 0.0854. The summed E-state index contributed by atoms with van der Waals surface area (Å²) < 4.78 is 0. The van der Waals surface area contributed by atoms with Crippen molar-refractivity contribution in [3.8, 4) is 0 Å². The summed E-state index contributed by atoms with van der Waals surface area (Å²) in [6, 6.07) is 9.92. The Labute approximate surface area is 101 Å². The molecule has 1 aromatic rings. The topological polar surface area (TPSA) is 54.0 Å². The minimum atomic E-state index is -0.261. The Kier molecular flexibility index (Phi) is 3.24. The zero-order valence-corrected chi connectivity index (χ0v) is 10.1. The summed E-state index contributed by atoms with van der Waals surface area (Å²) in [5, 5.41) is 1.97. The first-order valence-electron chi connectivity index (χ1n) is 5.80. The van der Waals surface area contributed by atoms with Crippen LogP contribution in [-0.2, 0) is 9.59 Å². The van der Waals surface area contributed by atoms with Crippen LogP contribution < -0.4 is 5.32 Å². The van der Waals surface area contributed by atoms with Crippen LogP contribution in [0, 0.1) is 0 Å². The van der Waals surface area contributed by atoms with E-state index in [0.29, 0.717) is 6.42 Å². The van der Waals surface area contributed by atoms with Gasteiger partial charge in [0.1, 0.15) is 6.04 Å². The van der Waals surface area contributed by atoms with Crippen molar-refractivity contribution in [1.29, 1.82) is 0 Å². The fourth-order valence-corrected chi connectivity index (χ4v) is 2.15. The molecule has 90 valence electrons.